The molecule has 3 aromatic rings. The predicted molar refractivity (Wildman–Crippen MR) is 94.5 cm³/mol. The normalized spacial score (nSPS) is 16.1. The second-order valence-electron chi connectivity index (χ2n) is 6.35. The Morgan fingerprint density at radius 3 is 2.74 bits per heavy atom. The number of aromatic nitrogens is 2. The number of ether oxygens (including phenoxy) is 1. The van der Waals surface area contributed by atoms with Gasteiger partial charge in [0.2, 0.25) is 0 Å². The first-order chi connectivity index (χ1) is 13.1. The van der Waals surface area contributed by atoms with E-state index in [4.69, 9.17) is 4.74 Å². The highest BCUT2D eigenvalue weighted by molar-refractivity contribution is 5.97. The molecule has 1 N–H and O–H groups in total. The minimum Gasteiger partial charge on any atom is -0.496 e. The highest BCUT2D eigenvalue weighted by atomic mass is 19.2. The quantitative estimate of drug-likeness (QED) is 0.769. The van der Waals surface area contributed by atoms with Crippen molar-refractivity contribution in [2.24, 2.45) is 0 Å². The molecule has 4 rings (SSSR count). The first-order valence-corrected chi connectivity index (χ1v) is 8.48. The maximum atomic E-state index is 14.4. The lowest BCUT2D eigenvalue weighted by Crippen LogP contribution is -2.39. The molecule has 0 saturated heterocycles. The number of fused-ring (bicyclic) bond motifs is 1. The Balaban J connectivity index is 1.74. The molecule has 0 spiro atoms. The molecular weight excluding hydrogens is 352 g/mol. The molecular formula is C20H17F2N3O2. The number of hydrogen-bond donors (Lipinski definition) is 1. The molecule has 1 aliphatic heterocycles. The largest absolute Gasteiger partial charge is 0.496 e. The number of nitrogens with zero attached hydrogens (tertiary/aromatic N) is 2. The minimum absolute atomic E-state index is 0.00516. The van der Waals surface area contributed by atoms with Crippen molar-refractivity contribution in [1.29, 1.82) is 0 Å². The lowest BCUT2D eigenvalue weighted by Gasteiger charge is -2.32. The van der Waals surface area contributed by atoms with Gasteiger partial charge in [0.1, 0.15) is 11.3 Å². The summed E-state index contributed by atoms with van der Waals surface area (Å²) in [4.78, 5) is 22.0. The second kappa shape index (κ2) is 6.83. The molecule has 0 aliphatic carbocycles. The first kappa shape index (κ1) is 17.2. The van der Waals surface area contributed by atoms with Gasteiger partial charge in [0.15, 0.2) is 11.6 Å². The Labute approximate surface area is 154 Å². The molecule has 1 aromatic heterocycles. The van der Waals surface area contributed by atoms with Crippen LogP contribution in [0.2, 0.25) is 0 Å². The Hall–Kier alpha value is -3.22. The number of halogens is 2. The molecule has 0 fully saturated rings. The number of nitrogens with one attached hydrogen (secondary N) is 1. The van der Waals surface area contributed by atoms with Gasteiger partial charge in [-0.25, -0.2) is 13.8 Å². The van der Waals surface area contributed by atoms with E-state index >= 15 is 0 Å². The number of methoxy groups -OCH3 is 1. The molecule has 5 nitrogen and oxygen atoms in total. The van der Waals surface area contributed by atoms with Gasteiger partial charge in [-0.1, -0.05) is 30.3 Å². The Morgan fingerprint density at radius 1 is 1.22 bits per heavy atom. The smallest absolute Gasteiger partial charge is 0.261 e. The van der Waals surface area contributed by atoms with Crippen LogP contribution >= 0.6 is 0 Å². The molecule has 1 unspecified atom stereocenters. The summed E-state index contributed by atoms with van der Waals surface area (Å²) in [7, 11) is 1.32. The zero-order valence-electron chi connectivity index (χ0n) is 14.6. The van der Waals surface area contributed by atoms with E-state index in [1.54, 1.807) is 6.33 Å². The monoisotopic (exact) mass is 369 g/mol. The highest BCUT2D eigenvalue weighted by Crippen LogP contribution is 2.34. The van der Waals surface area contributed by atoms with Gasteiger partial charge in [0, 0.05) is 12.5 Å². The number of rotatable bonds is 3. The predicted octanol–water partition coefficient (Wildman–Crippen LogP) is 3.48. The average molecular weight is 369 g/mol. The molecule has 0 saturated carbocycles. The number of aromatic amines is 1. The van der Waals surface area contributed by atoms with Crippen LogP contribution in [-0.2, 0) is 6.54 Å². The maximum Gasteiger partial charge on any atom is 0.261 e. The molecule has 1 aliphatic rings. The van der Waals surface area contributed by atoms with Crippen LogP contribution in [-0.4, -0.2) is 34.4 Å². The third-order valence-corrected chi connectivity index (χ3v) is 4.81. The van der Waals surface area contributed by atoms with Gasteiger partial charge < -0.3 is 14.6 Å². The van der Waals surface area contributed by atoms with Crippen molar-refractivity contribution < 1.29 is 18.3 Å². The zero-order chi connectivity index (χ0) is 19.0. The van der Waals surface area contributed by atoms with Gasteiger partial charge in [-0.05, 0) is 17.7 Å². The topological polar surface area (TPSA) is 58.2 Å². The number of benzene rings is 2. The molecule has 7 heteroatoms. The van der Waals surface area contributed by atoms with Gasteiger partial charge >= 0.3 is 0 Å². The fourth-order valence-corrected chi connectivity index (χ4v) is 3.48. The van der Waals surface area contributed by atoms with Gasteiger partial charge in [0.05, 0.1) is 31.4 Å². The molecule has 27 heavy (non-hydrogen) atoms. The lowest BCUT2D eigenvalue weighted by atomic mass is 9.90. The summed E-state index contributed by atoms with van der Waals surface area (Å²) in [6.07, 6.45) is 1.58. The fraction of sp³-hybridized carbons (Fsp3) is 0.200. The van der Waals surface area contributed by atoms with E-state index < -0.39 is 23.1 Å². The molecule has 0 bridgehead atoms. The Kier molecular flexibility index (Phi) is 4.35. The first-order valence-electron chi connectivity index (χ1n) is 8.48. The number of amides is 1. The van der Waals surface area contributed by atoms with Crippen LogP contribution in [0.5, 0.6) is 5.75 Å². The molecule has 0 radical (unpaired) electrons. The molecule has 1 atom stereocenters. The lowest BCUT2D eigenvalue weighted by molar-refractivity contribution is 0.0712. The number of carbonyl (C=O) groups excluding carboxylic acids is 1. The van der Waals surface area contributed by atoms with Crippen LogP contribution in [0, 0.1) is 11.6 Å². The van der Waals surface area contributed by atoms with Crippen molar-refractivity contribution in [2.75, 3.05) is 13.7 Å². The van der Waals surface area contributed by atoms with E-state index in [1.165, 1.54) is 18.1 Å². The second-order valence-corrected chi connectivity index (χ2v) is 6.35. The fourth-order valence-electron chi connectivity index (χ4n) is 3.48. The van der Waals surface area contributed by atoms with E-state index in [1.807, 2.05) is 30.3 Å². The van der Waals surface area contributed by atoms with E-state index in [9.17, 15) is 13.6 Å². The summed E-state index contributed by atoms with van der Waals surface area (Å²) >= 11 is 0. The van der Waals surface area contributed by atoms with E-state index in [0.717, 1.165) is 23.0 Å². The summed E-state index contributed by atoms with van der Waals surface area (Å²) in [5, 5.41) is 0. The number of imidazole rings is 1. The zero-order valence-corrected chi connectivity index (χ0v) is 14.6. The number of H-pyrrole nitrogens is 1. The van der Waals surface area contributed by atoms with Crippen molar-refractivity contribution in [3.05, 3.63) is 82.9 Å². The van der Waals surface area contributed by atoms with Crippen molar-refractivity contribution in [3.63, 3.8) is 0 Å². The average Bonchev–Trinajstić information content (AvgIpc) is 3.18. The summed E-state index contributed by atoms with van der Waals surface area (Å²) in [5.41, 5.74) is 2.23. The number of hydrogen-bond acceptors (Lipinski definition) is 3. The standard InChI is InChI=1S/C20H17F2N3O2/c1-27-16-8-7-14(21)18(22)17(16)20(26)25-9-13(12-5-3-2-4-6-12)19-15(10-25)23-11-24-19/h2-8,11,13H,9-10H2,1H3,(H,23,24). The van der Waals surface area contributed by atoms with E-state index in [2.05, 4.69) is 9.97 Å². The van der Waals surface area contributed by atoms with Crippen molar-refractivity contribution in [1.82, 2.24) is 14.9 Å². The van der Waals surface area contributed by atoms with Crippen LogP contribution < -0.4 is 4.74 Å². The maximum absolute atomic E-state index is 14.4. The van der Waals surface area contributed by atoms with Gasteiger partial charge in [-0.15, -0.1) is 0 Å². The summed E-state index contributed by atoms with van der Waals surface area (Å²) in [5.74, 6) is -3.06. The van der Waals surface area contributed by atoms with Crippen molar-refractivity contribution in [3.8, 4) is 5.75 Å². The third-order valence-electron chi connectivity index (χ3n) is 4.81. The minimum atomic E-state index is -1.20. The highest BCUT2D eigenvalue weighted by Gasteiger charge is 2.34. The van der Waals surface area contributed by atoms with Crippen LogP contribution in [0.25, 0.3) is 0 Å². The van der Waals surface area contributed by atoms with E-state index in [0.29, 0.717) is 6.54 Å². The van der Waals surface area contributed by atoms with Crippen LogP contribution in [0.3, 0.4) is 0 Å². The van der Waals surface area contributed by atoms with E-state index in [-0.39, 0.29) is 18.2 Å². The number of carbonyl (C=O) groups is 1. The Bertz CT molecular complexity index is 988. The SMILES string of the molecule is COc1ccc(F)c(F)c1C(=O)N1Cc2[nH]cnc2C(c2ccccc2)C1. The van der Waals surface area contributed by atoms with Crippen LogP contribution in [0.1, 0.15) is 33.2 Å². The van der Waals surface area contributed by atoms with Gasteiger partial charge in [0.25, 0.3) is 5.91 Å². The Morgan fingerprint density at radius 2 is 2.00 bits per heavy atom. The van der Waals surface area contributed by atoms with Crippen molar-refractivity contribution >= 4 is 5.91 Å². The summed E-state index contributed by atoms with van der Waals surface area (Å²) < 4.78 is 33.2. The molecule has 138 valence electrons. The van der Waals surface area contributed by atoms with Gasteiger partial charge in [-0.2, -0.15) is 0 Å². The summed E-state index contributed by atoms with van der Waals surface area (Å²) in [6, 6.07) is 11.9. The van der Waals surface area contributed by atoms with Crippen LogP contribution in [0.15, 0.2) is 48.8 Å². The third kappa shape index (κ3) is 2.95. The molecule has 2 heterocycles. The van der Waals surface area contributed by atoms with Gasteiger partial charge in [-0.3, -0.25) is 4.79 Å². The van der Waals surface area contributed by atoms with Crippen molar-refractivity contribution in [2.45, 2.75) is 12.5 Å². The summed E-state index contributed by atoms with van der Waals surface area (Å²) in [6.45, 7) is 0.538. The molecule has 1 amide bonds. The van der Waals surface area contributed by atoms with Crippen LogP contribution in [0.4, 0.5) is 8.78 Å². The molecule has 2 aromatic carbocycles.